The van der Waals surface area contributed by atoms with E-state index in [1.165, 1.54) is 4.57 Å². The lowest BCUT2D eigenvalue weighted by Crippen LogP contribution is -2.60. The number of aryl methyl sites for hydroxylation is 1. The Morgan fingerprint density at radius 3 is 2.67 bits per heavy atom. The van der Waals surface area contributed by atoms with Gasteiger partial charge in [-0.3, -0.25) is 9.59 Å². The molecule has 1 amide bonds. The molecule has 1 spiro atoms. The molecule has 2 fully saturated rings. The molecule has 2 N–H and O–H groups in total. The van der Waals surface area contributed by atoms with E-state index in [1.807, 2.05) is 24.3 Å². The van der Waals surface area contributed by atoms with Gasteiger partial charge in [0, 0.05) is 20.1 Å². The third-order valence-electron chi connectivity index (χ3n) is 5.97. The molecule has 2 aliphatic rings. The van der Waals surface area contributed by atoms with Crippen LogP contribution in [0.4, 0.5) is 0 Å². The summed E-state index contributed by atoms with van der Waals surface area (Å²) in [5, 5.41) is 21.2. The predicted molar refractivity (Wildman–Crippen MR) is 99.6 cm³/mol. The molecule has 144 valence electrons. The Bertz CT molecular complexity index is 930. The lowest BCUT2D eigenvalue weighted by atomic mass is 9.80. The molecule has 1 aromatic heterocycles. The van der Waals surface area contributed by atoms with Crippen LogP contribution in [0, 0.1) is 0 Å². The maximum Gasteiger partial charge on any atom is 0.263 e. The van der Waals surface area contributed by atoms with Gasteiger partial charge in [-0.05, 0) is 36.8 Å². The first-order valence-electron chi connectivity index (χ1n) is 9.31. The minimum atomic E-state index is -0.947. The van der Waals surface area contributed by atoms with E-state index in [4.69, 9.17) is 4.74 Å². The van der Waals surface area contributed by atoms with Gasteiger partial charge in [-0.1, -0.05) is 18.2 Å². The summed E-state index contributed by atoms with van der Waals surface area (Å²) in [5.41, 5.74) is -0.187. The fraction of sp³-hybridized carbons (Fsp3) is 0.500. The highest BCUT2D eigenvalue weighted by molar-refractivity contribution is 5.97. The lowest BCUT2D eigenvalue weighted by Gasteiger charge is -2.48. The number of likely N-dealkylation sites (tertiary alicyclic amines) is 1. The molecule has 27 heavy (non-hydrogen) atoms. The molecule has 3 heterocycles. The van der Waals surface area contributed by atoms with Crippen molar-refractivity contribution >= 4 is 16.8 Å². The van der Waals surface area contributed by atoms with Crippen LogP contribution in [0.1, 0.15) is 29.6 Å². The van der Waals surface area contributed by atoms with Crippen LogP contribution in [0.2, 0.25) is 0 Å². The number of amides is 1. The molecule has 1 aromatic carbocycles. The Morgan fingerprint density at radius 1 is 1.22 bits per heavy atom. The first kappa shape index (κ1) is 18.2. The number of rotatable bonds is 1. The summed E-state index contributed by atoms with van der Waals surface area (Å²) in [6.07, 6.45) is -0.458. The van der Waals surface area contributed by atoms with E-state index < -0.39 is 17.8 Å². The van der Waals surface area contributed by atoms with E-state index in [-0.39, 0.29) is 17.0 Å². The molecule has 2 aliphatic heterocycles. The van der Waals surface area contributed by atoms with Crippen molar-refractivity contribution in [3.8, 4) is 0 Å². The fourth-order valence-electron chi connectivity index (χ4n) is 4.25. The van der Waals surface area contributed by atoms with Crippen LogP contribution >= 0.6 is 0 Å². The molecule has 0 bridgehead atoms. The van der Waals surface area contributed by atoms with E-state index in [0.717, 1.165) is 10.9 Å². The number of para-hydroxylation sites is 1. The minimum absolute atomic E-state index is 0.150. The van der Waals surface area contributed by atoms with E-state index in [1.54, 1.807) is 18.0 Å². The first-order valence-corrected chi connectivity index (χ1v) is 9.31. The SMILES string of the molecule is Cn1c(=O)c(C(=O)N2CCC3(CC2)OCC[C@H](O)[C@@H]3O)cc2ccccc21. The number of hydrogen-bond donors (Lipinski definition) is 2. The van der Waals surface area contributed by atoms with Crippen molar-refractivity contribution in [3.63, 3.8) is 0 Å². The predicted octanol–water partition coefficient (Wildman–Crippen LogP) is 0.655. The van der Waals surface area contributed by atoms with Gasteiger partial charge in [-0.15, -0.1) is 0 Å². The highest BCUT2D eigenvalue weighted by Crippen LogP contribution is 2.35. The molecular weight excluding hydrogens is 348 g/mol. The topological polar surface area (TPSA) is 92.0 Å². The Kier molecular flexibility index (Phi) is 4.53. The number of aromatic nitrogens is 1. The van der Waals surface area contributed by atoms with Crippen molar-refractivity contribution < 1.29 is 19.7 Å². The summed E-state index contributed by atoms with van der Waals surface area (Å²) >= 11 is 0. The summed E-state index contributed by atoms with van der Waals surface area (Å²) in [4.78, 5) is 27.3. The smallest absolute Gasteiger partial charge is 0.263 e. The first-order chi connectivity index (χ1) is 12.9. The molecule has 7 heteroatoms. The third kappa shape index (κ3) is 2.96. The normalized spacial score (nSPS) is 25.1. The quantitative estimate of drug-likeness (QED) is 0.767. The van der Waals surface area contributed by atoms with Crippen LogP contribution in [0.3, 0.4) is 0 Å². The van der Waals surface area contributed by atoms with Gasteiger partial charge in [0.2, 0.25) is 0 Å². The zero-order valence-electron chi connectivity index (χ0n) is 15.3. The van der Waals surface area contributed by atoms with Gasteiger partial charge in [0.1, 0.15) is 11.7 Å². The number of hydrogen-bond acceptors (Lipinski definition) is 5. The van der Waals surface area contributed by atoms with Gasteiger partial charge in [-0.25, -0.2) is 0 Å². The third-order valence-corrected chi connectivity index (χ3v) is 5.97. The maximum absolute atomic E-state index is 13.0. The van der Waals surface area contributed by atoms with Crippen LogP contribution < -0.4 is 5.56 Å². The molecule has 7 nitrogen and oxygen atoms in total. The molecule has 4 rings (SSSR count). The number of nitrogens with zero attached hydrogens (tertiary/aromatic N) is 2. The molecule has 0 unspecified atom stereocenters. The molecule has 0 saturated carbocycles. The van der Waals surface area contributed by atoms with E-state index >= 15 is 0 Å². The van der Waals surface area contributed by atoms with Gasteiger partial charge >= 0.3 is 0 Å². The largest absolute Gasteiger partial charge is 0.390 e. The summed E-state index contributed by atoms with van der Waals surface area (Å²) in [7, 11) is 1.67. The van der Waals surface area contributed by atoms with Crippen LogP contribution in [0.5, 0.6) is 0 Å². The summed E-state index contributed by atoms with van der Waals surface area (Å²) < 4.78 is 7.31. The number of carbonyl (C=O) groups excluding carboxylic acids is 1. The van der Waals surface area contributed by atoms with Crippen molar-refractivity contribution in [2.75, 3.05) is 19.7 Å². The van der Waals surface area contributed by atoms with Crippen molar-refractivity contribution in [1.29, 1.82) is 0 Å². The average Bonchev–Trinajstić information content (AvgIpc) is 2.69. The number of aliphatic hydroxyl groups excluding tert-OH is 2. The standard InChI is InChI=1S/C20H24N2O5/c1-21-15-5-3-2-4-13(15)12-14(18(21)25)19(26)22-9-7-20(8-10-22)17(24)16(23)6-11-27-20/h2-5,12,16-17,23-24H,6-11H2,1H3/t16-,17-/m0/s1. The van der Waals surface area contributed by atoms with Crippen molar-refractivity contribution in [1.82, 2.24) is 9.47 Å². The lowest BCUT2D eigenvalue weighted by molar-refractivity contribution is -0.212. The highest BCUT2D eigenvalue weighted by atomic mass is 16.5. The van der Waals surface area contributed by atoms with Crippen LogP contribution in [-0.2, 0) is 11.8 Å². The van der Waals surface area contributed by atoms with Gasteiger partial charge in [0.15, 0.2) is 0 Å². The number of benzene rings is 1. The van der Waals surface area contributed by atoms with Crippen LogP contribution in [0.25, 0.3) is 10.9 Å². The van der Waals surface area contributed by atoms with E-state index in [2.05, 4.69) is 0 Å². The summed E-state index contributed by atoms with van der Waals surface area (Å²) in [5.74, 6) is -0.304. The molecular formula is C20H24N2O5. The Labute approximate surface area is 156 Å². The second kappa shape index (κ2) is 6.74. The number of aliphatic hydroxyl groups is 2. The minimum Gasteiger partial charge on any atom is -0.390 e. The molecule has 2 aromatic rings. The fourth-order valence-corrected chi connectivity index (χ4v) is 4.25. The number of pyridine rings is 1. The van der Waals surface area contributed by atoms with Crippen molar-refractivity contribution in [3.05, 3.63) is 46.2 Å². The number of fused-ring (bicyclic) bond motifs is 1. The number of piperidine rings is 1. The second-order valence-electron chi connectivity index (χ2n) is 7.49. The zero-order chi connectivity index (χ0) is 19.2. The van der Waals surface area contributed by atoms with Gasteiger partial charge in [0.05, 0.1) is 23.8 Å². The zero-order valence-corrected chi connectivity index (χ0v) is 15.3. The van der Waals surface area contributed by atoms with E-state index in [9.17, 15) is 19.8 Å². The van der Waals surface area contributed by atoms with E-state index in [0.29, 0.717) is 39.0 Å². The second-order valence-corrected chi connectivity index (χ2v) is 7.49. The van der Waals surface area contributed by atoms with Gasteiger partial charge in [0.25, 0.3) is 11.5 Å². The highest BCUT2D eigenvalue weighted by Gasteiger charge is 2.48. The number of ether oxygens (including phenoxy) is 1. The van der Waals surface area contributed by atoms with Crippen LogP contribution in [-0.4, -0.2) is 63.1 Å². The average molecular weight is 372 g/mol. The Morgan fingerprint density at radius 2 is 1.93 bits per heavy atom. The number of carbonyl (C=O) groups is 1. The van der Waals surface area contributed by atoms with Gasteiger partial charge in [-0.2, -0.15) is 0 Å². The van der Waals surface area contributed by atoms with Gasteiger partial charge < -0.3 is 24.4 Å². The molecule has 0 radical (unpaired) electrons. The Hall–Kier alpha value is -2.22. The maximum atomic E-state index is 13.0. The molecule has 2 saturated heterocycles. The van der Waals surface area contributed by atoms with Crippen molar-refractivity contribution in [2.24, 2.45) is 7.05 Å². The summed E-state index contributed by atoms with van der Waals surface area (Å²) in [6.45, 7) is 1.15. The van der Waals surface area contributed by atoms with Crippen LogP contribution in [0.15, 0.2) is 35.1 Å². The monoisotopic (exact) mass is 372 g/mol. The van der Waals surface area contributed by atoms with Crippen molar-refractivity contribution in [2.45, 2.75) is 37.1 Å². The molecule has 0 aliphatic carbocycles. The summed E-state index contributed by atoms with van der Waals surface area (Å²) in [6, 6.07) is 9.11. The molecule has 2 atom stereocenters. The Balaban J connectivity index is 1.58.